The molecule has 0 aromatic heterocycles. The molecule has 0 unspecified atom stereocenters. The number of hydrogen-bond donors (Lipinski definition) is 1. The lowest BCUT2D eigenvalue weighted by atomic mass is 10.0. The highest BCUT2D eigenvalue weighted by Crippen LogP contribution is 2.34. The molecule has 0 radical (unpaired) electrons. The number of benzene rings is 1. The first-order valence-electron chi connectivity index (χ1n) is 6.74. The van der Waals surface area contributed by atoms with Crippen molar-refractivity contribution < 1.29 is 27.5 Å². The molecule has 1 atom stereocenters. The van der Waals surface area contributed by atoms with Crippen molar-refractivity contribution in [1.82, 2.24) is 5.32 Å². The third kappa shape index (κ3) is 6.09. The van der Waals surface area contributed by atoms with Crippen LogP contribution in [-0.4, -0.2) is 18.0 Å². The first-order chi connectivity index (χ1) is 10.4. The Balaban J connectivity index is 3.10. The molecule has 0 saturated carbocycles. The minimum absolute atomic E-state index is 0.000508. The van der Waals surface area contributed by atoms with E-state index in [0.29, 0.717) is 6.29 Å². The number of hydrogen-bond acceptors (Lipinski definition) is 3. The van der Waals surface area contributed by atoms with Gasteiger partial charge in [-0.05, 0) is 44.5 Å². The molecule has 0 fully saturated rings. The van der Waals surface area contributed by atoms with Gasteiger partial charge in [0.15, 0.2) is 0 Å². The lowest BCUT2D eigenvalue weighted by molar-refractivity contribution is -0.137. The Morgan fingerprint density at radius 3 is 2.43 bits per heavy atom. The minimum atomic E-state index is -4.56. The van der Waals surface area contributed by atoms with Crippen LogP contribution in [0.3, 0.4) is 0 Å². The Labute approximate surface area is 137 Å². The lowest BCUT2D eigenvalue weighted by Crippen LogP contribution is -2.35. The van der Waals surface area contributed by atoms with Crippen LogP contribution >= 0.6 is 11.6 Å². The number of aldehydes is 1. The van der Waals surface area contributed by atoms with Gasteiger partial charge in [-0.1, -0.05) is 11.6 Å². The topological polar surface area (TPSA) is 55.4 Å². The second-order valence-electron chi connectivity index (χ2n) is 5.84. The summed E-state index contributed by atoms with van der Waals surface area (Å²) in [5.41, 5.74) is -1.70. The fourth-order valence-electron chi connectivity index (χ4n) is 1.80. The number of nitrogens with one attached hydrogen (secondary N) is 1. The molecule has 23 heavy (non-hydrogen) atoms. The highest BCUT2D eigenvalue weighted by molar-refractivity contribution is 6.31. The standard InChI is InChI=1S/C15H17ClF3NO3/c1-14(2,3)23-13(22)20-12(6-7-21)10-8-9(15(17,18)19)4-5-11(10)16/h4-5,7-8,12H,6H2,1-3H3,(H,20,22)/t12-/m0/s1. The van der Waals surface area contributed by atoms with E-state index in [9.17, 15) is 22.8 Å². The Bertz CT molecular complexity index is 582. The molecular weight excluding hydrogens is 335 g/mol. The average molecular weight is 352 g/mol. The van der Waals surface area contributed by atoms with E-state index in [0.717, 1.165) is 18.2 Å². The fraction of sp³-hybridized carbons (Fsp3) is 0.467. The summed E-state index contributed by atoms with van der Waals surface area (Å²) in [5.74, 6) is 0. The molecule has 0 saturated heterocycles. The minimum Gasteiger partial charge on any atom is -0.444 e. The van der Waals surface area contributed by atoms with Crippen molar-refractivity contribution in [2.24, 2.45) is 0 Å². The van der Waals surface area contributed by atoms with Crippen molar-refractivity contribution in [3.05, 3.63) is 34.3 Å². The van der Waals surface area contributed by atoms with Gasteiger partial charge >= 0.3 is 12.3 Å². The molecule has 0 aliphatic heterocycles. The molecule has 8 heteroatoms. The molecule has 4 nitrogen and oxygen atoms in total. The van der Waals surface area contributed by atoms with Crippen molar-refractivity contribution in [3.8, 4) is 0 Å². The number of carbonyl (C=O) groups excluding carboxylic acids is 2. The SMILES string of the molecule is CC(C)(C)OC(=O)N[C@@H](CC=O)c1cc(C(F)(F)F)ccc1Cl. The van der Waals surface area contributed by atoms with Crippen LogP contribution in [0.15, 0.2) is 18.2 Å². The monoisotopic (exact) mass is 351 g/mol. The summed E-state index contributed by atoms with van der Waals surface area (Å²) in [7, 11) is 0. The van der Waals surface area contributed by atoms with E-state index in [1.54, 1.807) is 20.8 Å². The summed E-state index contributed by atoms with van der Waals surface area (Å²) >= 11 is 5.92. The Hall–Kier alpha value is -1.76. The summed E-state index contributed by atoms with van der Waals surface area (Å²) in [5, 5.41) is 2.38. The first kappa shape index (κ1) is 19.3. The number of carbonyl (C=O) groups is 2. The van der Waals surface area contributed by atoms with Crippen molar-refractivity contribution in [2.75, 3.05) is 0 Å². The molecule has 0 aliphatic rings. The Kier molecular flexibility index (Phi) is 6.04. The van der Waals surface area contributed by atoms with Crippen LogP contribution in [0.4, 0.5) is 18.0 Å². The quantitative estimate of drug-likeness (QED) is 0.812. The van der Waals surface area contributed by atoms with Crippen molar-refractivity contribution >= 4 is 24.0 Å². The number of halogens is 4. The van der Waals surface area contributed by atoms with Crippen LogP contribution in [-0.2, 0) is 15.7 Å². The number of alkyl carbamates (subject to hydrolysis) is 1. The van der Waals surface area contributed by atoms with Gasteiger partial charge in [0.1, 0.15) is 11.9 Å². The molecule has 1 rings (SSSR count). The van der Waals surface area contributed by atoms with Crippen molar-refractivity contribution in [3.63, 3.8) is 0 Å². The third-order valence-electron chi connectivity index (χ3n) is 2.72. The molecule has 1 aromatic carbocycles. The largest absolute Gasteiger partial charge is 0.444 e. The van der Waals surface area contributed by atoms with Crippen molar-refractivity contribution in [2.45, 2.75) is 45.0 Å². The van der Waals surface area contributed by atoms with E-state index >= 15 is 0 Å². The van der Waals surface area contributed by atoms with Gasteiger partial charge in [-0.2, -0.15) is 13.2 Å². The van der Waals surface area contributed by atoms with E-state index in [2.05, 4.69) is 5.32 Å². The second-order valence-corrected chi connectivity index (χ2v) is 6.24. The number of rotatable bonds is 4. The molecule has 128 valence electrons. The maximum absolute atomic E-state index is 12.8. The van der Waals surface area contributed by atoms with Gasteiger partial charge < -0.3 is 14.8 Å². The van der Waals surface area contributed by atoms with Crippen LogP contribution in [0.2, 0.25) is 5.02 Å². The molecule has 1 amide bonds. The highest BCUT2D eigenvalue weighted by atomic mass is 35.5. The normalized spacial score (nSPS) is 13.3. The van der Waals surface area contributed by atoms with Crippen LogP contribution in [0, 0.1) is 0 Å². The number of alkyl halides is 3. The highest BCUT2D eigenvalue weighted by Gasteiger charge is 2.32. The van der Waals surface area contributed by atoms with E-state index < -0.39 is 29.5 Å². The van der Waals surface area contributed by atoms with E-state index in [1.165, 1.54) is 0 Å². The van der Waals surface area contributed by atoms with Gasteiger partial charge in [-0.3, -0.25) is 0 Å². The molecule has 0 bridgehead atoms. The number of ether oxygens (including phenoxy) is 1. The van der Waals surface area contributed by atoms with Gasteiger partial charge in [0.05, 0.1) is 11.6 Å². The zero-order chi connectivity index (χ0) is 17.8. The Morgan fingerprint density at radius 1 is 1.35 bits per heavy atom. The molecule has 0 spiro atoms. The maximum atomic E-state index is 12.8. The van der Waals surface area contributed by atoms with Crippen LogP contribution in [0.5, 0.6) is 0 Å². The smallest absolute Gasteiger partial charge is 0.416 e. The zero-order valence-corrected chi connectivity index (χ0v) is 13.6. The maximum Gasteiger partial charge on any atom is 0.416 e. The van der Waals surface area contributed by atoms with Crippen LogP contribution in [0.1, 0.15) is 44.4 Å². The van der Waals surface area contributed by atoms with E-state index in [-0.39, 0.29) is 17.0 Å². The summed E-state index contributed by atoms with van der Waals surface area (Å²) in [6.45, 7) is 4.91. The van der Waals surface area contributed by atoms with Gasteiger partial charge in [-0.15, -0.1) is 0 Å². The second kappa shape index (κ2) is 7.21. The van der Waals surface area contributed by atoms with Gasteiger partial charge in [-0.25, -0.2) is 4.79 Å². The van der Waals surface area contributed by atoms with Gasteiger partial charge in [0.25, 0.3) is 0 Å². The first-order valence-corrected chi connectivity index (χ1v) is 7.11. The Morgan fingerprint density at radius 2 is 1.96 bits per heavy atom. The van der Waals surface area contributed by atoms with Gasteiger partial charge in [0.2, 0.25) is 0 Å². The molecular formula is C15H17ClF3NO3. The zero-order valence-electron chi connectivity index (χ0n) is 12.8. The number of amides is 1. The molecule has 1 aromatic rings. The summed E-state index contributed by atoms with van der Waals surface area (Å²) in [6.07, 6.45) is -5.16. The predicted octanol–water partition coefficient (Wildman–Crippen LogP) is 4.51. The van der Waals surface area contributed by atoms with Crippen LogP contribution in [0.25, 0.3) is 0 Å². The van der Waals surface area contributed by atoms with Gasteiger partial charge in [0, 0.05) is 11.4 Å². The van der Waals surface area contributed by atoms with E-state index in [1.807, 2.05) is 0 Å². The molecule has 0 aliphatic carbocycles. The molecule has 1 N–H and O–H groups in total. The summed E-state index contributed by atoms with van der Waals surface area (Å²) in [4.78, 5) is 22.6. The summed E-state index contributed by atoms with van der Waals surface area (Å²) in [6, 6.07) is 1.71. The van der Waals surface area contributed by atoms with Crippen molar-refractivity contribution in [1.29, 1.82) is 0 Å². The third-order valence-corrected chi connectivity index (χ3v) is 3.07. The average Bonchev–Trinajstić information content (AvgIpc) is 2.35. The van der Waals surface area contributed by atoms with Crippen LogP contribution < -0.4 is 5.32 Å². The summed E-state index contributed by atoms with van der Waals surface area (Å²) < 4.78 is 43.5. The molecule has 0 heterocycles. The lowest BCUT2D eigenvalue weighted by Gasteiger charge is -2.24. The van der Waals surface area contributed by atoms with E-state index in [4.69, 9.17) is 16.3 Å². The fourth-order valence-corrected chi connectivity index (χ4v) is 2.05. The predicted molar refractivity (Wildman–Crippen MR) is 79.2 cm³/mol.